The average molecular weight is 404 g/mol. The molecule has 0 aromatic carbocycles. The van der Waals surface area contributed by atoms with E-state index in [0.29, 0.717) is 42.4 Å². The van der Waals surface area contributed by atoms with Crippen molar-refractivity contribution in [3.63, 3.8) is 0 Å². The molecule has 4 aliphatic carbocycles. The van der Waals surface area contributed by atoms with Crippen molar-refractivity contribution in [2.24, 2.45) is 52.6 Å². The van der Waals surface area contributed by atoms with Crippen LogP contribution in [0.15, 0.2) is 12.2 Å². The predicted octanol–water partition coefficient (Wildman–Crippen LogP) is 3.70. The van der Waals surface area contributed by atoms with Crippen LogP contribution in [-0.4, -0.2) is 35.3 Å². The highest BCUT2D eigenvalue weighted by Gasteiger charge is 2.73. The quantitative estimate of drug-likeness (QED) is 0.447. The Morgan fingerprint density at radius 2 is 2.07 bits per heavy atom. The number of fused-ring (bicyclic) bond motifs is 3. The van der Waals surface area contributed by atoms with Gasteiger partial charge in [-0.2, -0.15) is 0 Å². The van der Waals surface area contributed by atoms with E-state index in [-0.39, 0.29) is 30.1 Å². The summed E-state index contributed by atoms with van der Waals surface area (Å²) in [6.45, 7) is 6.95. The molecule has 4 aliphatic rings. The van der Waals surface area contributed by atoms with Gasteiger partial charge in [0.2, 0.25) is 0 Å². The fourth-order valence-corrected chi connectivity index (χ4v) is 8.36. The number of nitrogens with two attached hydrogens (primary N) is 1. The maximum atomic E-state index is 12.0. The fraction of sp³-hybridized carbons (Fsp3) is 0.880. The molecule has 0 bridgehead atoms. The third-order valence-corrected chi connectivity index (χ3v) is 9.50. The molecule has 0 unspecified atom stereocenters. The predicted molar refractivity (Wildman–Crippen MR) is 115 cm³/mol. The molecule has 4 rings (SSSR count). The monoisotopic (exact) mass is 403 g/mol. The van der Waals surface area contributed by atoms with E-state index < -0.39 is 0 Å². The third-order valence-electron chi connectivity index (χ3n) is 9.50. The molecule has 4 saturated carbocycles. The van der Waals surface area contributed by atoms with Gasteiger partial charge in [0.05, 0.1) is 12.1 Å². The first-order valence-corrected chi connectivity index (χ1v) is 12.1. The lowest BCUT2D eigenvalue weighted by atomic mass is 9.65. The molecule has 164 valence electrons. The van der Waals surface area contributed by atoms with Crippen LogP contribution in [0.2, 0.25) is 0 Å². The van der Waals surface area contributed by atoms with Gasteiger partial charge in [0, 0.05) is 12.0 Å². The van der Waals surface area contributed by atoms with Gasteiger partial charge >= 0.3 is 0 Å². The Hall–Kier alpha value is -0.710. The molecule has 4 heteroatoms. The van der Waals surface area contributed by atoms with Gasteiger partial charge in [-0.3, -0.25) is 0 Å². The third kappa shape index (κ3) is 3.53. The Bertz CT molecular complexity index is 621. The Labute approximate surface area is 176 Å². The second-order valence-electron chi connectivity index (χ2n) is 10.9. The summed E-state index contributed by atoms with van der Waals surface area (Å²) < 4.78 is 0. The lowest BCUT2D eigenvalue weighted by molar-refractivity contribution is -0.111. The lowest BCUT2D eigenvalue weighted by Gasteiger charge is -2.41. The molecule has 10 atom stereocenters. The summed E-state index contributed by atoms with van der Waals surface area (Å²) >= 11 is 0. The number of carbonyl (C=O) groups is 1. The van der Waals surface area contributed by atoms with Crippen molar-refractivity contribution >= 4 is 6.29 Å². The molecule has 0 aliphatic heterocycles. The molecule has 0 aromatic rings. The summed E-state index contributed by atoms with van der Waals surface area (Å²) in [6, 6.07) is -0.376. The van der Waals surface area contributed by atoms with Crippen LogP contribution < -0.4 is 5.73 Å². The first-order chi connectivity index (χ1) is 13.9. The molecule has 4 nitrogen and oxygen atoms in total. The van der Waals surface area contributed by atoms with Gasteiger partial charge in [0.1, 0.15) is 6.29 Å². The van der Waals surface area contributed by atoms with Crippen molar-refractivity contribution in [1.29, 1.82) is 0 Å². The lowest BCUT2D eigenvalue weighted by Crippen LogP contribution is -2.44. The van der Waals surface area contributed by atoms with E-state index in [1.165, 1.54) is 18.4 Å². The second-order valence-corrected chi connectivity index (χ2v) is 10.9. The number of carbonyl (C=O) groups excluding carboxylic acids is 1. The summed E-state index contributed by atoms with van der Waals surface area (Å²) in [7, 11) is 0. The van der Waals surface area contributed by atoms with E-state index in [2.05, 4.69) is 13.5 Å². The molecular formula is C25H41NO3. The zero-order chi connectivity index (χ0) is 20.8. The fourth-order valence-electron chi connectivity index (χ4n) is 8.36. The number of aliphatic hydroxyl groups is 2. The maximum absolute atomic E-state index is 12.0. The molecule has 0 amide bonds. The van der Waals surface area contributed by atoms with Gasteiger partial charge in [0.25, 0.3) is 0 Å². The number of aliphatic hydroxyl groups excluding tert-OH is 2. The molecule has 0 saturated heterocycles. The highest BCUT2D eigenvalue weighted by Crippen LogP contribution is 2.75. The second kappa shape index (κ2) is 8.43. The molecule has 0 heterocycles. The number of hydrogen-bond acceptors (Lipinski definition) is 4. The first-order valence-electron chi connectivity index (χ1n) is 12.1. The van der Waals surface area contributed by atoms with Crippen molar-refractivity contribution < 1.29 is 15.0 Å². The average Bonchev–Trinajstić information content (AvgIpc) is 3.29. The smallest absolute Gasteiger partial charge is 0.137 e. The zero-order valence-corrected chi connectivity index (χ0v) is 18.1. The molecular weight excluding hydrogens is 362 g/mol. The minimum absolute atomic E-state index is 0.0508. The van der Waals surface area contributed by atoms with Crippen LogP contribution >= 0.6 is 0 Å². The Kier molecular flexibility index (Phi) is 6.26. The zero-order valence-electron chi connectivity index (χ0n) is 18.1. The first kappa shape index (κ1) is 21.5. The van der Waals surface area contributed by atoms with Gasteiger partial charge in [-0.05, 0) is 99.2 Å². The van der Waals surface area contributed by atoms with Gasteiger partial charge in [0.15, 0.2) is 0 Å². The van der Waals surface area contributed by atoms with Crippen LogP contribution in [0.4, 0.5) is 0 Å². The number of allylic oxidation sites excluding steroid dienone is 1. The summed E-state index contributed by atoms with van der Waals surface area (Å²) in [4.78, 5) is 12.0. The van der Waals surface area contributed by atoms with Crippen LogP contribution in [0, 0.1) is 46.8 Å². The number of aldehydes is 1. The van der Waals surface area contributed by atoms with E-state index in [1.54, 1.807) is 0 Å². The van der Waals surface area contributed by atoms with E-state index in [1.807, 2.05) is 0 Å². The van der Waals surface area contributed by atoms with Crippen LogP contribution in [0.3, 0.4) is 0 Å². The van der Waals surface area contributed by atoms with Gasteiger partial charge in [-0.1, -0.05) is 25.5 Å². The minimum atomic E-state index is -0.376. The largest absolute Gasteiger partial charge is 0.396 e. The van der Waals surface area contributed by atoms with E-state index in [9.17, 15) is 9.90 Å². The van der Waals surface area contributed by atoms with Crippen molar-refractivity contribution in [3.8, 4) is 0 Å². The summed E-state index contributed by atoms with van der Waals surface area (Å²) in [5.41, 5.74) is 8.02. The number of hydrogen-bond donors (Lipinski definition) is 3. The molecule has 0 radical (unpaired) electrons. The molecule has 4 fully saturated rings. The Morgan fingerprint density at radius 1 is 1.28 bits per heavy atom. The van der Waals surface area contributed by atoms with Gasteiger partial charge < -0.3 is 20.7 Å². The van der Waals surface area contributed by atoms with Crippen LogP contribution in [-0.2, 0) is 4.79 Å². The Balaban J connectivity index is 1.59. The highest BCUT2D eigenvalue weighted by atomic mass is 16.3. The van der Waals surface area contributed by atoms with Crippen molar-refractivity contribution in [1.82, 2.24) is 0 Å². The number of rotatable bonds is 7. The van der Waals surface area contributed by atoms with E-state index in [4.69, 9.17) is 10.8 Å². The Morgan fingerprint density at radius 3 is 2.79 bits per heavy atom. The van der Waals surface area contributed by atoms with Gasteiger partial charge in [-0.25, -0.2) is 0 Å². The summed E-state index contributed by atoms with van der Waals surface area (Å²) in [5, 5.41) is 19.8. The van der Waals surface area contributed by atoms with Crippen LogP contribution in [0.25, 0.3) is 0 Å². The normalized spacial score (nSPS) is 46.3. The van der Waals surface area contributed by atoms with Crippen molar-refractivity contribution in [3.05, 3.63) is 12.2 Å². The van der Waals surface area contributed by atoms with Gasteiger partial charge in [-0.15, -0.1) is 0 Å². The van der Waals surface area contributed by atoms with Crippen molar-refractivity contribution in [2.45, 2.75) is 83.3 Å². The van der Waals surface area contributed by atoms with Crippen LogP contribution in [0.1, 0.15) is 71.1 Å². The van der Waals surface area contributed by atoms with Crippen LogP contribution in [0.5, 0.6) is 0 Å². The molecule has 4 N–H and O–H groups in total. The van der Waals surface area contributed by atoms with E-state index in [0.717, 1.165) is 50.7 Å². The molecule has 29 heavy (non-hydrogen) atoms. The minimum Gasteiger partial charge on any atom is -0.396 e. The highest BCUT2D eigenvalue weighted by molar-refractivity contribution is 5.61. The molecule has 0 aromatic heterocycles. The van der Waals surface area contributed by atoms with E-state index >= 15 is 0 Å². The molecule has 0 spiro atoms. The van der Waals surface area contributed by atoms with Crippen molar-refractivity contribution in [2.75, 3.05) is 6.61 Å². The maximum Gasteiger partial charge on any atom is 0.137 e. The standard InChI is InChI=1S/C25H41NO3/c1-15-11-19-16(2)8-9-21-24(20(19)12-15)25(21,23(26)14-28)18-6-3-5-17(13-18)22(29)7-4-10-27/h14-15,17-24,27,29H,2-13,26H2,1H3/t15-,17+,18+,19+,20+,21+,22+,23+,24-,25+/m0/s1. The topological polar surface area (TPSA) is 83.6 Å². The summed E-state index contributed by atoms with van der Waals surface area (Å²) in [6.07, 6.45) is 11.1. The summed E-state index contributed by atoms with van der Waals surface area (Å²) in [5.74, 6) is 3.86. The SMILES string of the molecule is C=C1CC[C@@H]2[C@H]([C@@H]3C[C@@H](C)C[C@H]13)[C@@]2([C@@H]1CCC[C@@H]([C@H](O)CCCO)C1)[C@H](N)C=O.